The average Bonchev–Trinajstić information content (AvgIpc) is 2.57. The van der Waals surface area contributed by atoms with Crippen LogP contribution in [0.5, 0.6) is 11.5 Å². The molecule has 0 saturated heterocycles. The van der Waals surface area contributed by atoms with Crippen LogP contribution in [0.2, 0.25) is 0 Å². The molecular formula is C16H18N4O6. The Morgan fingerprint density at radius 1 is 0.769 bits per heavy atom. The zero-order chi connectivity index (χ0) is 19.1. The third-order valence-corrected chi connectivity index (χ3v) is 3.41. The van der Waals surface area contributed by atoms with Crippen LogP contribution in [0.4, 0.5) is 22.7 Å². The first kappa shape index (κ1) is 18.8. The highest BCUT2D eigenvalue weighted by molar-refractivity contribution is 5.56. The molecular weight excluding hydrogens is 344 g/mol. The normalized spacial score (nSPS) is 10.3. The second-order valence-corrected chi connectivity index (χ2v) is 5.37. The van der Waals surface area contributed by atoms with E-state index in [1.807, 2.05) is 0 Å². The monoisotopic (exact) mass is 362 g/mol. The van der Waals surface area contributed by atoms with Gasteiger partial charge in [-0.05, 0) is 25.0 Å². The number of nitro benzene ring substituents is 2. The molecule has 26 heavy (non-hydrogen) atoms. The van der Waals surface area contributed by atoms with Gasteiger partial charge in [0.2, 0.25) is 0 Å². The third-order valence-electron chi connectivity index (χ3n) is 3.41. The predicted octanol–water partition coefficient (Wildman–Crippen LogP) is 2.91. The maximum absolute atomic E-state index is 10.9. The maximum atomic E-state index is 10.9. The number of rotatable bonds is 9. The summed E-state index contributed by atoms with van der Waals surface area (Å²) in [5.41, 5.74) is 11.6. The van der Waals surface area contributed by atoms with Gasteiger partial charge >= 0.3 is 11.4 Å². The minimum absolute atomic E-state index is 0.0994. The number of nitrogens with zero attached hydrogens (tertiary/aromatic N) is 2. The first-order valence-corrected chi connectivity index (χ1v) is 7.72. The standard InChI is InChI=1S/C16H18N4O6/c17-11-3-5-13(19(21)22)15(9-11)25-7-1-2-8-26-16-10-12(18)4-6-14(16)20(23)24/h3-6,9-10H,1-2,7-8,17-18H2. The Hall–Kier alpha value is -3.56. The van der Waals surface area contributed by atoms with Crippen LogP contribution in [0.3, 0.4) is 0 Å². The van der Waals surface area contributed by atoms with E-state index in [1.54, 1.807) is 0 Å². The molecule has 0 amide bonds. The smallest absolute Gasteiger partial charge is 0.311 e. The minimum Gasteiger partial charge on any atom is -0.487 e. The van der Waals surface area contributed by atoms with Gasteiger partial charge < -0.3 is 20.9 Å². The molecule has 10 nitrogen and oxygen atoms in total. The van der Waals surface area contributed by atoms with Crippen LogP contribution in [0.15, 0.2) is 36.4 Å². The molecule has 0 spiro atoms. The number of hydrogen-bond acceptors (Lipinski definition) is 8. The lowest BCUT2D eigenvalue weighted by Crippen LogP contribution is -2.05. The van der Waals surface area contributed by atoms with Gasteiger partial charge in [-0.1, -0.05) is 0 Å². The van der Waals surface area contributed by atoms with Gasteiger partial charge in [0.25, 0.3) is 0 Å². The highest BCUT2D eigenvalue weighted by Gasteiger charge is 2.16. The Morgan fingerprint density at radius 2 is 1.15 bits per heavy atom. The van der Waals surface area contributed by atoms with Crippen LogP contribution in [-0.4, -0.2) is 23.1 Å². The van der Waals surface area contributed by atoms with Gasteiger partial charge in [0.15, 0.2) is 11.5 Å². The van der Waals surface area contributed by atoms with E-state index in [9.17, 15) is 20.2 Å². The number of benzene rings is 2. The summed E-state index contributed by atoms with van der Waals surface area (Å²) in [7, 11) is 0. The highest BCUT2D eigenvalue weighted by atomic mass is 16.6. The van der Waals surface area contributed by atoms with Crippen LogP contribution in [0.25, 0.3) is 0 Å². The molecule has 4 N–H and O–H groups in total. The largest absolute Gasteiger partial charge is 0.487 e. The topological polar surface area (TPSA) is 157 Å². The summed E-state index contributed by atoms with van der Waals surface area (Å²) in [6.07, 6.45) is 1.06. The Kier molecular flexibility index (Phi) is 6.15. The Morgan fingerprint density at radius 3 is 1.50 bits per heavy atom. The van der Waals surface area contributed by atoms with Gasteiger partial charge in [-0.3, -0.25) is 20.2 Å². The predicted molar refractivity (Wildman–Crippen MR) is 95.2 cm³/mol. The fourth-order valence-corrected chi connectivity index (χ4v) is 2.16. The fraction of sp³-hybridized carbons (Fsp3) is 0.250. The van der Waals surface area contributed by atoms with Crippen molar-refractivity contribution in [3.63, 3.8) is 0 Å². The maximum Gasteiger partial charge on any atom is 0.311 e. The highest BCUT2D eigenvalue weighted by Crippen LogP contribution is 2.30. The molecule has 2 rings (SSSR count). The summed E-state index contributed by atoms with van der Waals surface area (Å²) in [5.74, 6) is 0.199. The molecule has 2 aromatic carbocycles. The second-order valence-electron chi connectivity index (χ2n) is 5.37. The molecule has 0 radical (unpaired) electrons. The molecule has 0 unspecified atom stereocenters. The average molecular weight is 362 g/mol. The van der Waals surface area contributed by atoms with E-state index in [0.717, 1.165) is 0 Å². The summed E-state index contributed by atoms with van der Waals surface area (Å²) in [6.45, 7) is 0.430. The van der Waals surface area contributed by atoms with Crippen molar-refractivity contribution in [2.75, 3.05) is 24.7 Å². The number of unbranched alkanes of at least 4 members (excludes halogenated alkanes) is 1. The van der Waals surface area contributed by atoms with Crippen LogP contribution in [0, 0.1) is 20.2 Å². The van der Waals surface area contributed by atoms with E-state index in [1.165, 1.54) is 36.4 Å². The molecule has 0 atom stereocenters. The molecule has 0 saturated carbocycles. The van der Waals surface area contributed by atoms with Crippen molar-refractivity contribution in [1.29, 1.82) is 0 Å². The number of nitrogen functional groups attached to an aromatic ring is 2. The van der Waals surface area contributed by atoms with Gasteiger partial charge in [-0.2, -0.15) is 0 Å². The van der Waals surface area contributed by atoms with E-state index in [4.69, 9.17) is 20.9 Å². The third kappa shape index (κ3) is 4.97. The molecule has 0 aliphatic heterocycles. The Labute approximate surface area is 148 Å². The lowest BCUT2D eigenvalue weighted by Gasteiger charge is -2.09. The number of anilines is 2. The molecule has 10 heteroatoms. The zero-order valence-corrected chi connectivity index (χ0v) is 13.8. The first-order chi connectivity index (χ1) is 12.4. The van der Waals surface area contributed by atoms with Crippen molar-refractivity contribution in [1.82, 2.24) is 0 Å². The van der Waals surface area contributed by atoms with E-state index >= 15 is 0 Å². The van der Waals surface area contributed by atoms with Crippen LogP contribution in [-0.2, 0) is 0 Å². The Bertz CT molecular complexity index is 744. The number of nitrogens with two attached hydrogens (primary N) is 2. The molecule has 0 fully saturated rings. The molecule has 0 aliphatic carbocycles. The van der Waals surface area contributed by atoms with E-state index in [0.29, 0.717) is 24.2 Å². The summed E-state index contributed by atoms with van der Waals surface area (Å²) in [5, 5.41) is 21.9. The molecule has 2 aromatic rings. The van der Waals surface area contributed by atoms with Crippen LogP contribution >= 0.6 is 0 Å². The molecule has 0 aromatic heterocycles. The quantitative estimate of drug-likeness (QED) is 0.298. The van der Waals surface area contributed by atoms with Crippen molar-refractivity contribution in [2.24, 2.45) is 0 Å². The lowest BCUT2D eigenvalue weighted by molar-refractivity contribution is -0.386. The second kappa shape index (κ2) is 8.51. The van der Waals surface area contributed by atoms with Gasteiger partial charge in [-0.25, -0.2) is 0 Å². The van der Waals surface area contributed by atoms with Crippen molar-refractivity contribution >= 4 is 22.7 Å². The first-order valence-electron chi connectivity index (χ1n) is 7.72. The number of hydrogen-bond donors (Lipinski definition) is 2. The molecule has 138 valence electrons. The number of nitro groups is 2. The van der Waals surface area contributed by atoms with E-state index < -0.39 is 9.85 Å². The van der Waals surface area contributed by atoms with E-state index in [-0.39, 0.29) is 36.1 Å². The number of ether oxygens (including phenoxy) is 2. The van der Waals surface area contributed by atoms with Gasteiger partial charge in [-0.15, -0.1) is 0 Å². The van der Waals surface area contributed by atoms with Gasteiger partial charge in [0.05, 0.1) is 23.1 Å². The summed E-state index contributed by atoms with van der Waals surface area (Å²) >= 11 is 0. The summed E-state index contributed by atoms with van der Waals surface area (Å²) < 4.78 is 10.8. The zero-order valence-electron chi connectivity index (χ0n) is 13.8. The minimum atomic E-state index is -0.545. The SMILES string of the molecule is Nc1ccc([N+](=O)[O-])c(OCCCCOc2cc(N)ccc2[N+](=O)[O-])c1. The van der Waals surface area contributed by atoms with Gasteiger partial charge in [0, 0.05) is 35.6 Å². The van der Waals surface area contributed by atoms with Crippen molar-refractivity contribution in [3.8, 4) is 11.5 Å². The summed E-state index contributed by atoms with van der Waals surface area (Å²) in [4.78, 5) is 20.8. The van der Waals surface area contributed by atoms with Crippen molar-refractivity contribution < 1.29 is 19.3 Å². The molecule has 0 bridgehead atoms. The lowest BCUT2D eigenvalue weighted by atomic mass is 10.2. The summed E-state index contributed by atoms with van der Waals surface area (Å²) in [6, 6.07) is 8.21. The Balaban J connectivity index is 1.82. The van der Waals surface area contributed by atoms with Crippen LogP contribution < -0.4 is 20.9 Å². The van der Waals surface area contributed by atoms with E-state index in [2.05, 4.69) is 0 Å². The van der Waals surface area contributed by atoms with Crippen molar-refractivity contribution in [3.05, 3.63) is 56.6 Å². The molecule has 0 aliphatic rings. The fourth-order valence-electron chi connectivity index (χ4n) is 2.16. The van der Waals surface area contributed by atoms with Crippen molar-refractivity contribution in [2.45, 2.75) is 12.8 Å². The van der Waals surface area contributed by atoms with Gasteiger partial charge in [0.1, 0.15) is 0 Å². The molecule has 0 heterocycles. The van der Waals surface area contributed by atoms with Crippen LogP contribution in [0.1, 0.15) is 12.8 Å².